The molecule has 7 heteroatoms. The number of benzene rings is 1. The molecule has 1 saturated carbocycles. The molecule has 0 amide bonds. The van der Waals surface area contributed by atoms with Gasteiger partial charge in [-0.3, -0.25) is 0 Å². The fourth-order valence-corrected chi connectivity index (χ4v) is 3.90. The Morgan fingerprint density at radius 3 is 2.44 bits per heavy atom. The van der Waals surface area contributed by atoms with Gasteiger partial charge >= 0.3 is 0 Å². The zero-order valence-electron chi connectivity index (χ0n) is 9.10. The molecule has 0 aliphatic heterocycles. The van der Waals surface area contributed by atoms with E-state index in [0.29, 0.717) is 6.07 Å². The van der Waals surface area contributed by atoms with Gasteiger partial charge in [0.1, 0.15) is 16.5 Å². The van der Waals surface area contributed by atoms with Gasteiger partial charge in [-0.05, 0) is 12.1 Å². The summed E-state index contributed by atoms with van der Waals surface area (Å²) in [5.41, 5.74) is 0. The molecule has 0 unspecified atom stereocenters. The molecule has 0 bridgehead atoms. The standard InChI is InChI=1S/C11H9F2NO3S/c12-7-1-2-10(9(13)3-7)18(16,17)11(6-14)4-8(15)5-11/h1-3,8,15H,4-5H2. The molecule has 0 heterocycles. The van der Waals surface area contributed by atoms with Crippen molar-refractivity contribution < 1.29 is 22.3 Å². The summed E-state index contributed by atoms with van der Waals surface area (Å²) in [5.74, 6) is -2.13. The van der Waals surface area contributed by atoms with Crippen molar-refractivity contribution >= 4 is 9.84 Å². The summed E-state index contributed by atoms with van der Waals surface area (Å²) < 4.78 is 48.7. The van der Waals surface area contributed by atoms with Gasteiger partial charge in [-0.15, -0.1) is 0 Å². The summed E-state index contributed by atoms with van der Waals surface area (Å²) in [6.07, 6.45) is -1.41. The van der Waals surface area contributed by atoms with E-state index in [1.807, 2.05) is 0 Å². The minimum absolute atomic E-state index is 0.261. The Morgan fingerprint density at radius 2 is 2.00 bits per heavy atom. The highest BCUT2D eigenvalue weighted by Crippen LogP contribution is 2.43. The zero-order chi connectivity index (χ0) is 13.6. The average molecular weight is 273 g/mol. The summed E-state index contributed by atoms with van der Waals surface area (Å²) >= 11 is 0. The summed E-state index contributed by atoms with van der Waals surface area (Å²) in [7, 11) is -4.26. The van der Waals surface area contributed by atoms with Crippen molar-refractivity contribution in [2.75, 3.05) is 0 Å². The fraction of sp³-hybridized carbons (Fsp3) is 0.364. The van der Waals surface area contributed by atoms with E-state index in [2.05, 4.69) is 0 Å². The highest BCUT2D eigenvalue weighted by atomic mass is 32.2. The summed E-state index contributed by atoms with van der Waals surface area (Å²) in [4.78, 5) is -0.711. The van der Waals surface area contributed by atoms with Crippen molar-refractivity contribution in [1.29, 1.82) is 5.26 Å². The van der Waals surface area contributed by atoms with Crippen molar-refractivity contribution in [3.8, 4) is 6.07 Å². The second-order valence-corrected chi connectivity index (χ2v) is 6.47. The Hall–Kier alpha value is -1.52. The number of sulfone groups is 1. The molecule has 96 valence electrons. The Bertz CT molecular complexity index is 630. The number of rotatable bonds is 2. The molecule has 1 fully saturated rings. The van der Waals surface area contributed by atoms with Crippen LogP contribution in [0.4, 0.5) is 8.78 Å². The average Bonchev–Trinajstić information content (AvgIpc) is 2.23. The topological polar surface area (TPSA) is 78.2 Å². The van der Waals surface area contributed by atoms with Crippen molar-refractivity contribution in [2.24, 2.45) is 0 Å². The van der Waals surface area contributed by atoms with Crippen molar-refractivity contribution in [1.82, 2.24) is 0 Å². The van der Waals surface area contributed by atoms with Crippen LogP contribution in [0.5, 0.6) is 0 Å². The van der Waals surface area contributed by atoms with Crippen LogP contribution < -0.4 is 0 Å². The van der Waals surface area contributed by atoms with E-state index in [9.17, 15) is 17.2 Å². The Kier molecular flexibility index (Phi) is 2.87. The van der Waals surface area contributed by atoms with Crippen LogP contribution in [0.15, 0.2) is 23.1 Å². The Labute approximate surface area is 102 Å². The Morgan fingerprint density at radius 1 is 1.39 bits per heavy atom. The van der Waals surface area contributed by atoms with Gasteiger partial charge < -0.3 is 5.11 Å². The van der Waals surface area contributed by atoms with Gasteiger partial charge in [0.2, 0.25) is 9.84 Å². The molecule has 0 saturated heterocycles. The maximum Gasteiger partial charge on any atom is 0.200 e. The van der Waals surface area contributed by atoms with Crippen LogP contribution in [0.1, 0.15) is 12.8 Å². The fourth-order valence-electron chi connectivity index (χ4n) is 1.98. The number of hydrogen-bond acceptors (Lipinski definition) is 4. The van der Waals surface area contributed by atoms with Crippen LogP contribution in [0.2, 0.25) is 0 Å². The molecule has 1 aromatic carbocycles. The monoisotopic (exact) mass is 273 g/mol. The highest BCUT2D eigenvalue weighted by molar-refractivity contribution is 7.93. The molecule has 0 radical (unpaired) electrons. The van der Waals surface area contributed by atoms with E-state index in [4.69, 9.17) is 10.4 Å². The predicted octanol–water partition coefficient (Wildman–Crippen LogP) is 1.16. The van der Waals surface area contributed by atoms with Crippen LogP contribution in [0.3, 0.4) is 0 Å². The lowest BCUT2D eigenvalue weighted by Crippen LogP contribution is -2.52. The van der Waals surface area contributed by atoms with Crippen LogP contribution in [0.25, 0.3) is 0 Å². The molecular weight excluding hydrogens is 264 g/mol. The van der Waals surface area contributed by atoms with E-state index in [1.165, 1.54) is 0 Å². The van der Waals surface area contributed by atoms with Gasteiger partial charge in [0.25, 0.3) is 0 Å². The predicted molar refractivity (Wildman–Crippen MR) is 57.1 cm³/mol. The van der Waals surface area contributed by atoms with Crippen LogP contribution in [-0.4, -0.2) is 24.4 Å². The minimum Gasteiger partial charge on any atom is -0.393 e. The van der Waals surface area contributed by atoms with E-state index in [1.54, 1.807) is 6.07 Å². The normalized spacial score (nSPS) is 27.3. The van der Waals surface area contributed by atoms with Gasteiger partial charge in [0.05, 0.1) is 12.2 Å². The lowest BCUT2D eigenvalue weighted by atomic mass is 9.82. The molecule has 4 nitrogen and oxygen atoms in total. The van der Waals surface area contributed by atoms with E-state index in [0.717, 1.165) is 12.1 Å². The van der Waals surface area contributed by atoms with Crippen LogP contribution >= 0.6 is 0 Å². The molecule has 1 aromatic rings. The Balaban J connectivity index is 2.53. The third-order valence-electron chi connectivity index (χ3n) is 3.03. The quantitative estimate of drug-likeness (QED) is 0.820. The molecular formula is C11H9F2NO3S. The second-order valence-electron chi connectivity index (χ2n) is 4.25. The van der Waals surface area contributed by atoms with Gasteiger partial charge in [-0.1, -0.05) is 0 Å². The molecule has 18 heavy (non-hydrogen) atoms. The molecule has 2 rings (SSSR count). The van der Waals surface area contributed by atoms with Crippen LogP contribution in [0, 0.1) is 23.0 Å². The van der Waals surface area contributed by atoms with Crippen LogP contribution in [-0.2, 0) is 9.84 Å². The first-order valence-electron chi connectivity index (χ1n) is 5.11. The second kappa shape index (κ2) is 4.00. The van der Waals surface area contributed by atoms with Crippen molar-refractivity contribution in [3.63, 3.8) is 0 Å². The maximum atomic E-state index is 13.5. The van der Waals surface area contributed by atoms with E-state index >= 15 is 0 Å². The number of aliphatic hydroxyl groups excluding tert-OH is 1. The number of nitrogens with zero attached hydrogens (tertiary/aromatic N) is 1. The molecule has 0 spiro atoms. The van der Waals surface area contributed by atoms with Gasteiger partial charge in [0, 0.05) is 18.9 Å². The molecule has 1 N–H and O–H groups in total. The smallest absolute Gasteiger partial charge is 0.200 e. The van der Waals surface area contributed by atoms with Gasteiger partial charge in [0.15, 0.2) is 4.75 Å². The third kappa shape index (κ3) is 1.69. The first-order chi connectivity index (χ1) is 8.32. The first-order valence-corrected chi connectivity index (χ1v) is 6.60. The van der Waals surface area contributed by atoms with Crippen molar-refractivity contribution in [3.05, 3.63) is 29.8 Å². The molecule has 0 aromatic heterocycles. The van der Waals surface area contributed by atoms with Crippen molar-refractivity contribution in [2.45, 2.75) is 28.6 Å². The van der Waals surface area contributed by atoms with Gasteiger partial charge in [-0.25, -0.2) is 17.2 Å². The number of nitriles is 1. The van der Waals surface area contributed by atoms with E-state index in [-0.39, 0.29) is 12.8 Å². The first kappa shape index (κ1) is 12.9. The summed E-state index contributed by atoms with van der Waals surface area (Å²) in [5, 5.41) is 18.1. The largest absolute Gasteiger partial charge is 0.393 e. The maximum absolute atomic E-state index is 13.5. The number of hydrogen-bond donors (Lipinski definition) is 1. The number of halogens is 2. The molecule has 1 aliphatic carbocycles. The summed E-state index contributed by atoms with van der Waals surface area (Å²) in [6, 6.07) is 3.68. The SMILES string of the molecule is N#CC1(S(=O)(=O)c2ccc(F)cc2F)CC(O)C1. The molecule has 1 aliphatic rings. The molecule has 0 atom stereocenters. The zero-order valence-corrected chi connectivity index (χ0v) is 9.92. The lowest BCUT2D eigenvalue weighted by molar-refractivity contribution is 0.0763. The minimum atomic E-state index is -4.26. The third-order valence-corrected chi connectivity index (χ3v) is 5.40. The lowest BCUT2D eigenvalue weighted by Gasteiger charge is -2.38. The highest BCUT2D eigenvalue weighted by Gasteiger charge is 2.55. The van der Waals surface area contributed by atoms with Gasteiger partial charge in [-0.2, -0.15) is 5.26 Å². The number of aliphatic hydroxyl groups is 1. The van der Waals surface area contributed by atoms with E-state index < -0.39 is 37.2 Å². The summed E-state index contributed by atoms with van der Waals surface area (Å²) in [6.45, 7) is 0.